The van der Waals surface area contributed by atoms with E-state index in [9.17, 15) is 18.0 Å². The number of aryl methyl sites for hydroxylation is 1. The number of carboxylic acid groups (broad SMARTS) is 1. The Balaban J connectivity index is 1.74. The van der Waals surface area contributed by atoms with Gasteiger partial charge >= 0.3 is 5.97 Å². The standard InChI is InChI=1S/C19H20N2O5S/c1-13-4-2-3-5-17(13)20-27(25,26)16-8-6-14(7-9-16)18(22)21-11-10-15(12-21)19(23)24/h2-9,15,20H,10-12H2,1H3,(H,23,24). The third-order valence-corrected chi connectivity index (χ3v) is 6.01. The molecule has 1 aliphatic heterocycles. The largest absolute Gasteiger partial charge is 0.481 e. The number of aliphatic carboxylic acids is 1. The number of nitrogens with zero attached hydrogens (tertiary/aromatic N) is 1. The highest BCUT2D eigenvalue weighted by atomic mass is 32.2. The van der Waals surface area contributed by atoms with Crippen molar-refractivity contribution in [3.63, 3.8) is 0 Å². The van der Waals surface area contributed by atoms with Crippen molar-refractivity contribution in [1.29, 1.82) is 0 Å². The highest BCUT2D eigenvalue weighted by Crippen LogP contribution is 2.22. The lowest BCUT2D eigenvalue weighted by atomic mass is 10.1. The number of hydrogen-bond donors (Lipinski definition) is 2. The fourth-order valence-corrected chi connectivity index (χ4v) is 4.13. The molecule has 8 heteroatoms. The van der Waals surface area contributed by atoms with Crippen LogP contribution in [0.1, 0.15) is 22.3 Å². The van der Waals surface area contributed by atoms with Gasteiger partial charge in [-0.3, -0.25) is 14.3 Å². The summed E-state index contributed by atoms with van der Waals surface area (Å²) in [7, 11) is -3.77. The zero-order valence-corrected chi connectivity index (χ0v) is 15.6. The predicted octanol–water partition coefficient (Wildman–Crippen LogP) is 2.34. The molecule has 1 aliphatic rings. The molecule has 0 spiro atoms. The molecule has 0 aromatic heterocycles. The smallest absolute Gasteiger partial charge is 0.308 e. The molecule has 7 nitrogen and oxygen atoms in total. The first-order valence-corrected chi connectivity index (χ1v) is 9.97. The number of hydrogen-bond acceptors (Lipinski definition) is 4. The summed E-state index contributed by atoms with van der Waals surface area (Å²) in [5, 5.41) is 9.04. The highest BCUT2D eigenvalue weighted by molar-refractivity contribution is 7.92. The van der Waals surface area contributed by atoms with Gasteiger partial charge in [-0.2, -0.15) is 0 Å². The fraction of sp³-hybridized carbons (Fsp3) is 0.263. The van der Waals surface area contributed by atoms with Crippen molar-refractivity contribution in [2.75, 3.05) is 17.8 Å². The van der Waals surface area contributed by atoms with E-state index in [4.69, 9.17) is 5.11 Å². The van der Waals surface area contributed by atoms with Crippen molar-refractivity contribution in [2.45, 2.75) is 18.2 Å². The summed E-state index contributed by atoms with van der Waals surface area (Å²) >= 11 is 0. The normalized spacial score (nSPS) is 16.9. The number of rotatable bonds is 5. The molecule has 0 saturated carbocycles. The Labute approximate surface area is 157 Å². The average molecular weight is 388 g/mol. The molecule has 0 radical (unpaired) electrons. The summed E-state index contributed by atoms with van der Waals surface area (Å²) in [5.41, 5.74) is 1.63. The van der Waals surface area contributed by atoms with Gasteiger partial charge in [0, 0.05) is 18.7 Å². The Hall–Kier alpha value is -2.87. The number of carbonyl (C=O) groups excluding carboxylic acids is 1. The van der Waals surface area contributed by atoms with Crippen LogP contribution >= 0.6 is 0 Å². The average Bonchev–Trinajstić information content (AvgIpc) is 3.13. The van der Waals surface area contributed by atoms with Gasteiger partial charge in [0.1, 0.15) is 0 Å². The number of likely N-dealkylation sites (tertiary alicyclic amines) is 1. The second-order valence-electron chi connectivity index (χ2n) is 6.52. The molecule has 1 atom stereocenters. The summed E-state index contributed by atoms with van der Waals surface area (Å²) in [5.74, 6) is -1.75. The lowest BCUT2D eigenvalue weighted by molar-refractivity contribution is -0.141. The summed E-state index contributed by atoms with van der Waals surface area (Å²) in [6.07, 6.45) is 0.424. The van der Waals surface area contributed by atoms with Crippen molar-refractivity contribution in [1.82, 2.24) is 4.90 Å². The van der Waals surface area contributed by atoms with E-state index in [1.165, 1.54) is 29.2 Å². The van der Waals surface area contributed by atoms with E-state index in [1.54, 1.807) is 25.1 Å². The second-order valence-corrected chi connectivity index (χ2v) is 8.20. The molecular formula is C19H20N2O5S. The van der Waals surface area contributed by atoms with Crippen molar-refractivity contribution in [3.8, 4) is 0 Å². The van der Waals surface area contributed by atoms with Gasteiger partial charge in [0.2, 0.25) is 0 Å². The molecule has 0 bridgehead atoms. The minimum Gasteiger partial charge on any atom is -0.481 e. The second kappa shape index (κ2) is 7.40. The maximum atomic E-state index is 12.5. The van der Waals surface area contributed by atoms with Crippen LogP contribution < -0.4 is 4.72 Å². The molecule has 142 valence electrons. The van der Waals surface area contributed by atoms with Crippen LogP contribution in [-0.4, -0.2) is 43.4 Å². The van der Waals surface area contributed by atoms with Crippen molar-refractivity contribution >= 4 is 27.6 Å². The topological polar surface area (TPSA) is 104 Å². The predicted molar refractivity (Wildman–Crippen MR) is 100 cm³/mol. The minimum absolute atomic E-state index is 0.0483. The first kappa shape index (κ1) is 18.9. The number of amides is 1. The van der Waals surface area contributed by atoms with Gasteiger partial charge in [-0.1, -0.05) is 18.2 Å². The van der Waals surface area contributed by atoms with Gasteiger partial charge < -0.3 is 10.0 Å². The number of sulfonamides is 1. The van der Waals surface area contributed by atoms with E-state index in [2.05, 4.69) is 4.72 Å². The van der Waals surface area contributed by atoms with Gasteiger partial charge in [-0.15, -0.1) is 0 Å². The van der Waals surface area contributed by atoms with E-state index < -0.39 is 21.9 Å². The van der Waals surface area contributed by atoms with Crippen LogP contribution in [0.5, 0.6) is 0 Å². The van der Waals surface area contributed by atoms with Crippen LogP contribution in [0.3, 0.4) is 0 Å². The lowest BCUT2D eigenvalue weighted by Crippen LogP contribution is -2.30. The number of carbonyl (C=O) groups is 2. The Morgan fingerprint density at radius 2 is 1.78 bits per heavy atom. The lowest BCUT2D eigenvalue weighted by Gasteiger charge is -2.16. The molecule has 1 saturated heterocycles. The maximum absolute atomic E-state index is 12.5. The molecule has 1 fully saturated rings. The minimum atomic E-state index is -3.77. The quantitative estimate of drug-likeness (QED) is 0.818. The molecule has 1 heterocycles. The molecule has 27 heavy (non-hydrogen) atoms. The molecule has 3 rings (SSSR count). The summed E-state index contributed by atoms with van der Waals surface area (Å²) in [6, 6.07) is 12.7. The molecule has 2 aromatic rings. The molecule has 2 N–H and O–H groups in total. The van der Waals surface area contributed by atoms with Crippen LogP contribution in [0.2, 0.25) is 0 Å². The van der Waals surface area contributed by atoms with Gasteiger partial charge in [-0.05, 0) is 49.2 Å². The van der Waals surface area contributed by atoms with E-state index in [-0.39, 0.29) is 17.3 Å². The molecular weight excluding hydrogens is 368 g/mol. The first-order chi connectivity index (χ1) is 12.8. The van der Waals surface area contributed by atoms with Crippen LogP contribution in [0.4, 0.5) is 5.69 Å². The van der Waals surface area contributed by atoms with E-state index in [0.29, 0.717) is 24.2 Å². The third kappa shape index (κ3) is 4.11. The SMILES string of the molecule is Cc1ccccc1NS(=O)(=O)c1ccc(C(=O)N2CCC(C(=O)O)C2)cc1. The first-order valence-electron chi connectivity index (χ1n) is 8.48. The number of benzene rings is 2. The summed E-state index contributed by atoms with van der Waals surface area (Å²) in [4.78, 5) is 25.0. The maximum Gasteiger partial charge on any atom is 0.308 e. The van der Waals surface area contributed by atoms with Crippen LogP contribution in [0.25, 0.3) is 0 Å². The molecule has 0 aliphatic carbocycles. The zero-order chi connectivity index (χ0) is 19.6. The Kier molecular flexibility index (Phi) is 5.18. The van der Waals surface area contributed by atoms with Crippen molar-refractivity contribution < 1.29 is 23.1 Å². The van der Waals surface area contributed by atoms with Gasteiger partial charge in [0.05, 0.1) is 16.5 Å². The van der Waals surface area contributed by atoms with E-state index in [0.717, 1.165) is 5.56 Å². The Morgan fingerprint density at radius 3 is 2.37 bits per heavy atom. The number of para-hydroxylation sites is 1. The van der Waals surface area contributed by atoms with Crippen LogP contribution in [0.15, 0.2) is 53.4 Å². The van der Waals surface area contributed by atoms with Crippen LogP contribution in [0, 0.1) is 12.8 Å². The number of nitrogens with one attached hydrogen (secondary N) is 1. The van der Waals surface area contributed by atoms with Gasteiger partial charge in [0.15, 0.2) is 0 Å². The van der Waals surface area contributed by atoms with E-state index in [1.807, 2.05) is 6.07 Å². The van der Waals surface area contributed by atoms with E-state index >= 15 is 0 Å². The Bertz CT molecular complexity index is 970. The summed E-state index contributed by atoms with van der Waals surface area (Å²) in [6.45, 7) is 2.35. The monoisotopic (exact) mass is 388 g/mol. The number of anilines is 1. The van der Waals surface area contributed by atoms with Gasteiger partial charge in [-0.25, -0.2) is 8.42 Å². The van der Waals surface area contributed by atoms with Gasteiger partial charge in [0.25, 0.3) is 15.9 Å². The van der Waals surface area contributed by atoms with Crippen molar-refractivity contribution in [2.24, 2.45) is 5.92 Å². The fourth-order valence-electron chi connectivity index (χ4n) is 3.00. The molecule has 1 amide bonds. The summed E-state index contributed by atoms with van der Waals surface area (Å²) < 4.78 is 27.6. The van der Waals surface area contributed by atoms with Crippen LogP contribution in [-0.2, 0) is 14.8 Å². The Morgan fingerprint density at radius 1 is 1.11 bits per heavy atom. The molecule has 1 unspecified atom stereocenters. The zero-order valence-electron chi connectivity index (χ0n) is 14.8. The number of carboxylic acids is 1. The molecule has 2 aromatic carbocycles. The highest BCUT2D eigenvalue weighted by Gasteiger charge is 2.31. The van der Waals surface area contributed by atoms with Crippen molar-refractivity contribution in [3.05, 3.63) is 59.7 Å². The third-order valence-electron chi connectivity index (χ3n) is 4.63.